The van der Waals surface area contributed by atoms with Crippen molar-refractivity contribution in [3.05, 3.63) is 36.5 Å². The number of aliphatic carboxylic acids is 1. The van der Waals surface area contributed by atoms with Gasteiger partial charge in [0.15, 0.2) is 6.54 Å². The van der Waals surface area contributed by atoms with Crippen molar-refractivity contribution in [1.82, 2.24) is 5.32 Å². The molecular formula is C65H119N2O9+. The Kier molecular flexibility index (Phi) is 51.1. The normalized spacial score (nSPS) is 12.1. The first-order valence-corrected chi connectivity index (χ1v) is 31.6. The van der Waals surface area contributed by atoms with Crippen LogP contribution in [-0.4, -0.2) is 91.9 Å². The molecule has 11 heteroatoms. The van der Waals surface area contributed by atoms with E-state index in [0.29, 0.717) is 19.3 Å². The van der Waals surface area contributed by atoms with Crippen molar-refractivity contribution in [1.29, 1.82) is 0 Å². The van der Waals surface area contributed by atoms with Gasteiger partial charge < -0.3 is 29.1 Å². The van der Waals surface area contributed by atoms with Crippen LogP contribution in [0.5, 0.6) is 0 Å². The molecule has 0 aromatic heterocycles. The largest absolute Gasteiger partial charge is 0.477 e. The predicted molar refractivity (Wildman–Crippen MR) is 316 cm³/mol. The van der Waals surface area contributed by atoms with Crippen LogP contribution < -0.4 is 5.32 Å². The molecule has 11 nitrogen and oxygen atoms in total. The van der Waals surface area contributed by atoms with Crippen molar-refractivity contribution in [2.45, 2.75) is 302 Å². The van der Waals surface area contributed by atoms with Gasteiger partial charge in [0.25, 0.3) is 0 Å². The van der Waals surface area contributed by atoms with Gasteiger partial charge in [-0.3, -0.25) is 19.2 Å². The van der Waals surface area contributed by atoms with Gasteiger partial charge in [0.2, 0.25) is 5.91 Å². The zero-order chi connectivity index (χ0) is 55.9. The molecule has 0 aliphatic carbocycles. The topological polar surface area (TPSA) is 145 Å². The van der Waals surface area contributed by atoms with Crippen molar-refractivity contribution in [2.75, 3.05) is 47.0 Å². The van der Waals surface area contributed by atoms with Crippen LogP contribution >= 0.6 is 0 Å². The van der Waals surface area contributed by atoms with Crippen molar-refractivity contribution in [2.24, 2.45) is 0 Å². The van der Waals surface area contributed by atoms with E-state index in [2.05, 4.69) is 62.5 Å². The summed E-state index contributed by atoms with van der Waals surface area (Å²) in [6, 6.07) is 0. The number of likely N-dealkylation sites (N-methyl/N-ethyl adjacent to an activating group) is 1. The number of hydrogen-bond acceptors (Lipinski definition) is 8. The monoisotopic (exact) mass is 1070 g/mol. The first-order chi connectivity index (χ1) is 36.9. The fourth-order valence-corrected chi connectivity index (χ4v) is 9.33. The molecular weight excluding hydrogens is 953 g/mol. The number of hydrogen-bond donors (Lipinski definition) is 2. The van der Waals surface area contributed by atoms with Gasteiger partial charge in [-0.05, 0) is 96.3 Å². The summed E-state index contributed by atoms with van der Waals surface area (Å²) in [6.07, 6.45) is 59.2. The second-order valence-corrected chi connectivity index (χ2v) is 22.8. The molecule has 0 aliphatic rings. The van der Waals surface area contributed by atoms with Crippen molar-refractivity contribution >= 4 is 29.8 Å². The summed E-state index contributed by atoms with van der Waals surface area (Å²) in [5.74, 6) is -2.74. The van der Waals surface area contributed by atoms with Gasteiger partial charge in [-0.25, -0.2) is 4.79 Å². The minimum Gasteiger partial charge on any atom is -0.477 e. The molecule has 0 heterocycles. The van der Waals surface area contributed by atoms with Gasteiger partial charge in [-0.2, -0.15) is 0 Å². The van der Waals surface area contributed by atoms with E-state index in [1.807, 2.05) is 0 Å². The van der Waals surface area contributed by atoms with Gasteiger partial charge in [-0.15, -0.1) is 0 Å². The summed E-state index contributed by atoms with van der Waals surface area (Å²) in [6.45, 7) is 5.74. The highest BCUT2D eigenvalue weighted by Crippen LogP contribution is 2.18. The number of carbonyl (C=O) groups is 5. The Morgan fingerprint density at radius 2 is 0.632 bits per heavy atom. The van der Waals surface area contributed by atoms with Crippen LogP contribution in [0.2, 0.25) is 0 Å². The molecule has 0 aromatic rings. The van der Waals surface area contributed by atoms with E-state index in [1.165, 1.54) is 116 Å². The maximum atomic E-state index is 13.7. The van der Waals surface area contributed by atoms with Crippen molar-refractivity contribution in [3.8, 4) is 0 Å². The molecule has 442 valence electrons. The van der Waals surface area contributed by atoms with Crippen LogP contribution in [0.4, 0.5) is 0 Å². The van der Waals surface area contributed by atoms with Crippen LogP contribution in [0, 0.1) is 0 Å². The van der Waals surface area contributed by atoms with Gasteiger partial charge >= 0.3 is 23.9 Å². The second-order valence-electron chi connectivity index (χ2n) is 22.8. The van der Waals surface area contributed by atoms with E-state index < -0.39 is 35.3 Å². The van der Waals surface area contributed by atoms with Crippen LogP contribution in [0.15, 0.2) is 36.5 Å². The standard InChI is InChI=1S/C65H118N2O9/c1-6-9-12-15-18-21-24-27-30-33-36-39-42-45-48-51-62(71)74-57-65(66-60(68)54-55-67(4,5)56-61(69)70,58-75-63(72)52-49-46-43-40-37-34-31-28-25-22-19-16-13-10-7-2)59-76-64(73)53-50-47-44-41-38-35-32-29-26-23-20-17-14-11-8-3/h27-32H,6-26,33-59H2,1-5H3,(H-,66,68,69,70)/p+1/b30-27-,31-28-,32-29-. The lowest BCUT2D eigenvalue weighted by atomic mass is 10.0. The molecule has 76 heavy (non-hydrogen) atoms. The Balaban J connectivity index is 5.46. The minimum atomic E-state index is -1.53. The number of carbonyl (C=O) groups excluding carboxylic acids is 4. The number of carboxylic acids is 1. The molecule has 0 fully saturated rings. The van der Waals surface area contributed by atoms with Crippen LogP contribution in [0.25, 0.3) is 0 Å². The van der Waals surface area contributed by atoms with Gasteiger partial charge in [0.1, 0.15) is 25.4 Å². The Labute approximate surface area is 466 Å². The first kappa shape index (κ1) is 72.5. The number of nitrogens with one attached hydrogen (secondary N) is 1. The molecule has 1 amide bonds. The highest BCUT2D eigenvalue weighted by atomic mass is 16.6. The maximum absolute atomic E-state index is 13.7. The summed E-state index contributed by atoms with van der Waals surface area (Å²) in [5, 5.41) is 12.4. The first-order valence-electron chi connectivity index (χ1n) is 31.6. The van der Waals surface area contributed by atoms with E-state index in [9.17, 15) is 29.1 Å². The van der Waals surface area contributed by atoms with Crippen molar-refractivity contribution in [3.63, 3.8) is 0 Å². The molecule has 0 unspecified atom stereocenters. The number of ether oxygens (including phenoxy) is 3. The molecule has 0 saturated heterocycles. The molecule has 0 bridgehead atoms. The SMILES string of the molecule is CCCCCCCC/C=C\CCCCCCCC(=O)OCC(COC(=O)CCCCCCC/C=C\CCCCCCCC)(COC(=O)CCCCCCC/C=C\CCCCCCCC)NC(=O)CC[N+](C)(C)CC(=O)O. The average molecular weight is 1070 g/mol. The molecule has 0 rings (SSSR count). The number of amides is 1. The van der Waals surface area contributed by atoms with Gasteiger partial charge in [-0.1, -0.05) is 211 Å². The van der Waals surface area contributed by atoms with E-state index >= 15 is 0 Å². The summed E-state index contributed by atoms with van der Waals surface area (Å²) < 4.78 is 17.6. The van der Waals surface area contributed by atoms with Crippen LogP contribution in [-0.2, 0) is 38.2 Å². The zero-order valence-electron chi connectivity index (χ0n) is 50.1. The molecule has 0 aliphatic heterocycles. The summed E-state index contributed by atoms with van der Waals surface area (Å²) in [5.41, 5.74) is -1.53. The lowest BCUT2D eigenvalue weighted by Gasteiger charge is -2.34. The number of nitrogens with zero attached hydrogens (tertiary/aromatic N) is 1. The average Bonchev–Trinajstić information content (AvgIpc) is 3.39. The van der Waals surface area contributed by atoms with Crippen LogP contribution in [0.3, 0.4) is 0 Å². The summed E-state index contributed by atoms with van der Waals surface area (Å²) in [4.78, 5) is 65.0. The predicted octanol–water partition coefficient (Wildman–Crippen LogP) is 17.1. The number of carboxylic acid groups (broad SMARTS) is 1. The smallest absolute Gasteiger partial charge is 0.359 e. The minimum absolute atomic E-state index is 0.0450. The number of unbranched alkanes of at least 4 members (excludes halogenated alkanes) is 33. The maximum Gasteiger partial charge on any atom is 0.359 e. The fourth-order valence-electron chi connectivity index (χ4n) is 9.33. The van der Waals surface area contributed by atoms with Gasteiger partial charge in [0, 0.05) is 19.3 Å². The number of quaternary nitrogens is 1. The highest BCUT2D eigenvalue weighted by Gasteiger charge is 2.38. The molecule has 0 radical (unpaired) electrons. The summed E-state index contributed by atoms with van der Waals surface area (Å²) in [7, 11) is 3.47. The lowest BCUT2D eigenvalue weighted by molar-refractivity contribution is -0.882. The Morgan fingerprint density at radius 3 is 0.895 bits per heavy atom. The van der Waals surface area contributed by atoms with E-state index in [4.69, 9.17) is 14.2 Å². The number of allylic oxidation sites excluding steroid dienone is 6. The highest BCUT2D eigenvalue weighted by molar-refractivity contribution is 5.77. The third-order valence-corrected chi connectivity index (χ3v) is 14.4. The zero-order valence-corrected chi connectivity index (χ0v) is 50.1. The van der Waals surface area contributed by atoms with Gasteiger partial charge in [0.05, 0.1) is 27.1 Å². The molecule has 0 spiro atoms. The van der Waals surface area contributed by atoms with E-state index in [0.717, 1.165) is 116 Å². The molecule has 0 atom stereocenters. The Morgan fingerprint density at radius 1 is 0.382 bits per heavy atom. The number of esters is 3. The Hall–Kier alpha value is -3.47. The quantitative estimate of drug-likeness (QED) is 0.0200. The fraction of sp³-hybridized carbons (Fsp3) is 0.831. The molecule has 0 saturated carbocycles. The second kappa shape index (κ2) is 53.5. The summed E-state index contributed by atoms with van der Waals surface area (Å²) >= 11 is 0. The van der Waals surface area contributed by atoms with E-state index in [-0.39, 0.29) is 63.1 Å². The third-order valence-electron chi connectivity index (χ3n) is 14.4. The lowest BCUT2D eigenvalue weighted by Crippen LogP contribution is -2.60. The van der Waals surface area contributed by atoms with Crippen LogP contribution in [0.1, 0.15) is 297 Å². The molecule has 2 N–H and O–H groups in total. The number of rotatable bonds is 57. The Bertz CT molecular complexity index is 1350. The third kappa shape index (κ3) is 51.3. The van der Waals surface area contributed by atoms with Crippen molar-refractivity contribution < 1.29 is 47.8 Å². The molecule has 0 aromatic carbocycles. The van der Waals surface area contributed by atoms with E-state index in [1.54, 1.807) is 14.1 Å².